The lowest BCUT2D eigenvalue weighted by Gasteiger charge is -2.05. The van der Waals surface area contributed by atoms with Gasteiger partial charge < -0.3 is 9.87 Å². The lowest BCUT2D eigenvalue weighted by atomic mass is 10.1. The van der Waals surface area contributed by atoms with Crippen molar-refractivity contribution in [2.24, 2.45) is 7.05 Å². The van der Waals surface area contributed by atoms with Crippen LogP contribution in [0.25, 0.3) is 0 Å². The van der Waals surface area contributed by atoms with Crippen molar-refractivity contribution in [3.8, 4) is 0 Å². The Kier molecular flexibility index (Phi) is 14.7. The van der Waals surface area contributed by atoms with E-state index in [1.54, 1.807) is 0 Å². The van der Waals surface area contributed by atoms with E-state index in [0.29, 0.717) is 6.26 Å². The molecule has 0 fully saturated rings. The first-order valence-electron chi connectivity index (χ1n) is 9.88. The zero-order chi connectivity index (χ0) is 20.5. The molecular weight excluding hydrogens is 364 g/mol. The van der Waals surface area contributed by atoms with Crippen molar-refractivity contribution < 1.29 is 22.3 Å². The van der Waals surface area contributed by atoms with Crippen molar-refractivity contribution in [1.82, 2.24) is 5.32 Å². The van der Waals surface area contributed by atoms with Crippen LogP contribution in [-0.2, 0) is 17.2 Å². The first-order valence-corrected chi connectivity index (χ1v) is 11.7. The van der Waals surface area contributed by atoms with E-state index in [1.807, 2.05) is 36.1 Å². The fourth-order valence-corrected chi connectivity index (χ4v) is 2.57. The van der Waals surface area contributed by atoms with Crippen molar-refractivity contribution in [3.05, 3.63) is 30.1 Å². The molecule has 0 aliphatic heterocycles. The fourth-order valence-electron chi connectivity index (χ4n) is 2.57. The summed E-state index contributed by atoms with van der Waals surface area (Å²) in [4.78, 5) is 11.9. The Labute approximate surface area is 165 Å². The number of aryl methyl sites for hydroxylation is 1. The summed E-state index contributed by atoms with van der Waals surface area (Å²) in [6.45, 7) is 3.05. The van der Waals surface area contributed by atoms with Crippen molar-refractivity contribution in [2.45, 2.75) is 71.1 Å². The molecule has 0 atom stereocenters. The van der Waals surface area contributed by atoms with Crippen molar-refractivity contribution in [2.75, 3.05) is 12.8 Å². The minimum absolute atomic E-state index is 0.0384. The SMILES string of the molecule is CCCCCCCCCCCCNC(=O)c1cc[n+](C)cc1.CS(=O)(=O)[O-]. The number of carbonyl (C=O) groups excluding carboxylic acids is 1. The quantitative estimate of drug-likeness (QED) is 0.331. The molecular formula is C20H36N2O4S. The molecule has 6 nitrogen and oxygen atoms in total. The third-order valence-electron chi connectivity index (χ3n) is 4.06. The standard InChI is InChI=1S/C19H32N2O.CH4O3S/c1-3-4-5-6-7-8-9-10-11-12-15-20-19(22)18-13-16-21(2)17-14-18;1-5(2,3)4/h13-14,16-17H,3-12,15H2,1-2H3;1H3,(H,2,3,4). The first-order chi connectivity index (χ1) is 12.7. The average molecular weight is 401 g/mol. The molecule has 0 spiro atoms. The maximum absolute atomic E-state index is 11.9. The molecule has 1 amide bonds. The smallest absolute Gasteiger partial charge is 0.251 e. The van der Waals surface area contributed by atoms with E-state index in [1.165, 1.54) is 57.8 Å². The molecule has 7 heteroatoms. The van der Waals surface area contributed by atoms with Gasteiger partial charge in [-0.3, -0.25) is 4.79 Å². The molecule has 0 saturated carbocycles. The van der Waals surface area contributed by atoms with E-state index in [2.05, 4.69) is 12.2 Å². The Morgan fingerprint density at radius 2 is 1.37 bits per heavy atom. The molecule has 1 heterocycles. The Morgan fingerprint density at radius 3 is 1.81 bits per heavy atom. The van der Waals surface area contributed by atoms with E-state index in [9.17, 15) is 4.79 Å². The number of hydrogen-bond donors (Lipinski definition) is 1. The molecule has 0 saturated heterocycles. The van der Waals surface area contributed by atoms with E-state index in [-0.39, 0.29) is 5.91 Å². The van der Waals surface area contributed by atoms with Crippen molar-refractivity contribution in [1.29, 1.82) is 0 Å². The largest absolute Gasteiger partial charge is 0.748 e. The molecule has 0 aromatic carbocycles. The minimum atomic E-state index is -3.92. The van der Waals surface area contributed by atoms with Gasteiger partial charge in [-0.2, -0.15) is 0 Å². The highest BCUT2D eigenvalue weighted by molar-refractivity contribution is 7.84. The molecule has 1 aromatic heterocycles. The molecule has 0 radical (unpaired) electrons. The van der Waals surface area contributed by atoms with Gasteiger partial charge in [0.1, 0.15) is 7.05 Å². The summed E-state index contributed by atoms with van der Waals surface area (Å²) in [6.07, 6.45) is 17.6. The van der Waals surface area contributed by atoms with Gasteiger partial charge in [-0.15, -0.1) is 0 Å². The monoisotopic (exact) mass is 400 g/mol. The first kappa shape index (κ1) is 25.5. The molecule has 156 valence electrons. The summed E-state index contributed by atoms with van der Waals surface area (Å²) < 4.78 is 29.2. The topological polar surface area (TPSA) is 90.2 Å². The van der Waals surface area contributed by atoms with E-state index in [0.717, 1.165) is 18.5 Å². The van der Waals surface area contributed by atoms with Gasteiger partial charge in [0.2, 0.25) is 0 Å². The molecule has 1 N–H and O–H groups in total. The number of carbonyl (C=O) groups is 1. The summed E-state index contributed by atoms with van der Waals surface area (Å²) in [5, 5.41) is 3.00. The summed E-state index contributed by atoms with van der Waals surface area (Å²) in [7, 11) is -1.97. The van der Waals surface area contributed by atoms with Crippen LogP contribution in [0.3, 0.4) is 0 Å². The average Bonchev–Trinajstić information content (AvgIpc) is 2.58. The van der Waals surface area contributed by atoms with Crippen molar-refractivity contribution in [3.63, 3.8) is 0 Å². The molecule has 1 aromatic rings. The van der Waals surface area contributed by atoms with Crippen molar-refractivity contribution >= 4 is 16.0 Å². The number of pyridine rings is 1. The van der Waals surface area contributed by atoms with Crippen LogP contribution in [0.2, 0.25) is 0 Å². The zero-order valence-corrected chi connectivity index (χ0v) is 17.9. The second kappa shape index (κ2) is 15.6. The van der Waals surface area contributed by atoms with E-state index in [4.69, 9.17) is 13.0 Å². The van der Waals surface area contributed by atoms with E-state index < -0.39 is 10.1 Å². The van der Waals surface area contributed by atoms with Gasteiger partial charge in [0.25, 0.3) is 5.91 Å². The van der Waals surface area contributed by atoms with Crippen LogP contribution in [-0.4, -0.2) is 31.7 Å². The van der Waals surface area contributed by atoms with Crippen LogP contribution in [0, 0.1) is 0 Å². The lowest BCUT2D eigenvalue weighted by molar-refractivity contribution is -0.671. The van der Waals surface area contributed by atoms with Gasteiger partial charge in [0.05, 0.1) is 15.7 Å². The number of rotatable bonds is 12. The van der Waals surface area contributed by atoms with Crippen LogP contribution in [0.15, 0.2) is 24.5 Å². The summed E-state index contributed by atoms with van der Waals surface area (Å²) >= 11 is 0. The Balaban J connectivity index is 0.00000119. The summed E-state index contributed by atoms with van der Waals surface area (Å²) in [5.74, 6) is 0.0384. The third-order valence-corrected chi connectivity index (χ3v) is 4.06. The molecule has 0 aliphatic carbocycles. The van der Waals surface area contributed by atoms with Crippen LogP contribution >= 0.6 is 0 Å². The van der Waals surface area contributed by atoms with Gasteiger partial charge >= 0.3 is 0 Å². The Bertz CT molecular complexity index is 593. The Morgan fingerprint density at radius 1 is 0.963 bits per heavy atom. The highest BCUT2D eigenvalue weighted by Crippen LogP contribution is 2.10. The molecule has 1 rings (SSSR count). The van der Waals surface area contributed by atoms with E-state index >= 15 is 0 Å². The highest BCUT2D eigenvalue weighted by atomic mass is 32.2. The maximum atomic E-state index is 11.9. The normalized spacial score (nSPS) is 10.8. The predicted octanol–water partition coefficient (Wildman–Crippen LogP) is 3.32. The van der Waals surface area contributed by atoms with Gasteiger partial charge in [0, 0.05) is 24.9 Å². The lowest BCUT2D eigenvalue weighted by Crippen LogP contribution is -2.29. The minimum Gasteiger partial charge on any atom is -0.748 e. The number of nitrogens with zero attached hydrogens (tertiary/aromatic N) is 1. The summed E-state index contributed by atoms with van der Waals surface area (Å²) in [5.41, 5.74) is 0.741. The number of hydrogen-bond acceptors (Lipinski definition) is 4. The Hall–Kier alpha value is -1.47. The van der Waals surface area contributed by atoms with Crippen LogP contribution in [0.5, 0.6) is 0 Å². The van der Waals surface area contributed by atoms with Gasteiger partial charge in [-0.05, 0) is 6.42 Å². The van der Waals surface area contributed by atoms with Crippen LogP contribution in [0.4, 0.5) is 0 Å². The third kappa shape index (κ3) is 19.1. The molecule has 27 heavy (non-hydrogen) atoms. The van der Waals surface area contributed by atoms with Gasteiger partial charge in [-0.1, -0.05) is 64.7 Å². The van der Waals surface area contributed by atoms with Gasteiger partial charge in [0.15, 0.2) is 12.4 Å². The molecule has 0 bridgehead atoms. The second-order valence-corrected chi connectivity index (χ2v) is 8.30. The summed E-state index contributed by atoms with van der Waals surface area (Å²) in [6, 6.07) is 3.71. The predicted molar refractivity (Wildman–Crippen MR) is 107 cm³/mol. The fraction of sp³-hybridized carbons (Fsp3) is 0.700. The second-order valence-electron chi connectivity index (χ2n) is 6.89. The zero-order valence-electron chi connectivity index (χ0n) is 17.1. The number of aromatic nitrogens is 1. The van der Waals surface area contributed by atoms with Crippen LogP contribution < -0.4 is 9.88 Å². The number of amides is 1. The highest BCUT2D eigenvalue weighted by Gasteiger charge is 2.05. The number of nitrogens with one attached hydrogen (secondary N) is 1. The molecule has 0 unspecified atom stereocenters. The van der Waals surface area contributed by atoms with Gasteiger partial charge in [-0.25, -0.2) is 13.0 Å². The number of unbranched alkanes of at least 4 members (excludes halogenated alkanes) is 9. The molecule has 0 aliphatic rings. The maximum Gasteiger partial charge on any atom is 0.251 e. The van der Waals surface area contributed by atoms with Crippen LogP contribution in [0.1, 0.15) is 81.5 Å².